The Bertz CT molecular complexity index is 707. The maximum atomic E-state index is 12.4. The molecule has 24 heavy (non-hydrogen) atoms. The third-order valence-electron chi connectivity index (χ3n) is 4.49. The number of furan rings is 1. The first-order chi connectivity index (χ1) is 11.6. The number of hydrogen-bond acceptors (Lipinski definition) is 4. The Hall–Kier alpha value is -2.34. The first kappa shape index (κ1) is 16.5. The lowest BCUT2D eigenvalue weighted by Crippen LogP contribution is -2.51. The summed E-state index contributed by atoms with van der Waals surface area (Å²) >= 11 is 0. The van der Waals surface area contributed by atoms with Crippen LogP contribution >= 0.6 is 0 Å². The van der Waals surface area contributed by atoms with Crippen LogP contribution in [-0.2, 0) is 4.79 Å². The van der Waals surface area contributed by atoms with Crippen molar-refractivity contribution in [3.8, 4) is 0 Å². The van der Waals surface area contributed by atoms with Crippen LogP contribution in [0.2, 0.25) is 0 Å². The number of nitrogens with one attached hydrogen (secondary N) is 1. The summed E-state index contributed by atoms with van der Waals surface area (Å²) in [6.07, 6.45) is 1.72. The van der Waals surface area contributed by atoms with Gasteiger partial charge in [0.25, 0.3) is 5.91 Å². The van der Waals surface area contributed by atoms with E-state index in [2.05, 4.69) is 5.32 Å². The van der Waals surface area contributed by atoms with Crippen LogP contribution in [-0.4, -0.2) is 42.4 Å². The van der Waals surface area contributed by atoms with E-state index < -0.39 is 0 Å². The lowest BCUT2D eigenvalue weighted by atomic mass is 10.0. The van der Waals surface area contributed by atoms with Crippen molar-refractivity contribution in [1.29, 1.82) is 0 Å². The molecule has 1 saturated heterocycles. The molecule has 0 bridgehead atoms. The molecule has 2 atom stereocenters. The van der Waals surface area contributed by atoms with Crippen LogP contribution in [0.15, 0.2) is 34.7 Å². The van der Waals surface area contributed by atoms with E-state index in [1.54, 1.807) is 11.0 Å². The lowest BCUT2D eigenvalue weighted by Gasteiger charge is -2.34. The standard InChI is InChI=1S/C18H23N3O3/c1-12(10-19)18(23)21-8-4-6-14(11-21)20-17(22)16-9-13-5-2-3-7-15(13)24-16/h2-3,5,7,9,12,14H,4,6,8,10-11,19H2,1H3,(H,20,22). The molecule has 1 aromatic heterocycles. The molecule has 0 radical (unpaired) electrons. The van der Waals surface area contributed by atoms with Crippen molar-refractivity contribution in [3.05, 3.63) is 36.1 Å². The molecule has 2 heterocycles. The summed E-state index contributed by atoms with van der Waals surface area (Å²) in [6.45, 7) is 3.42. The molecule has 6 nitrogen and oxygen atoms in total. The van der Waals surface area contributed by atoms with Gasteiger partial charge in [-0.15, -0.1) is 0 Å². The highest BCUT2D eigenvalue weighted by Gasteiger charge is 2.27. The van der Waals surface area contributed by atoms with Crippen molar-refractivity contribution >= 4 is 22.8 Å². The van der Waals surface area contributed by atoms with Gasteiger partial charge in [-0.1, -0.05) is 25.1 Å². The fraction of sp³-hybridized carbons (Fsp3) is 0.444. The molecule has 1 aliphatic heterocycles. The number of carbonyl (C=O) groups excluding carboxylic acids is 2. The topological polar surface area (TPSA) is 88.6 Å². The first-order valence-electron chi connectivity index (χ1n) is 8.36. The van der Waals surface area contributed by atoms with E-state index in [-0.39, 0.29) is 23.8 Å². The summed E-state index contributed by atoms with van der Waals surface area (Å²) in [5, 5.41) is 3.88. The fourth-order valence-corrected chi connectivity index (χ4v) is 3.06. The Balaban J connectivity index is 1.64. The van der Waals surface area contributed by atoms with Gasteiger partial charge in [0.2, 0.25) is 5.91 Å². The van der Waals surface area contributed by atoms with Gasteiger partial charge >= 0.3 is 0 Å². The van der Waals surface area contributed by atoms with Gasteiger partial charge in [-0.3, -0.25) is 9.59 Å². The number of carbonyl (C=O) groups is 2. The van der Waals surface area contributed by atoms with Crippen LogP contribution in [0.3, 0.4) is 0 Å². The molecule has 1 aromatic carbocycles. The third-order valence-corrected chi connectivity index (χ3v) is 4.49. The number of para-hydroxylation sites is 1. The van der Waals surface area contributed by atoms with Crippen molar-refractivity contribution < 1.29 is 14.0 Å². The Kier molecular flexibility index (Phi) is 4.85. The van der Waals surface area contributed by atoms with Crippen LogP contribution in [0, 0.1) is 5.92 Å². The molecule has 3 N–H and O–H groups in total. The maximum Gasteiger partial charge on any atom is 0.287 e. The lowest BCUT2D eigenvalue weighted by molar-refractivity contribution is -0.136. The Morgan fingerprint density at radius 1 is 1.42 bits per heavy atom. The van der Waals surface area contributed by atoms with Crippen LogP contribution in [0.25, 0.3) is 11.0 Å². The van der Waals surface area contributed by atoms with Gasteiger partial charge in [-0.05, 0) is 25.0 Å². The number of nitrogens with zero attached hydrogens (tertiary/aromatic N) is 1. The van der Waals surface area contributed by atoms with Crippen molar-refractivity contribution in [2.75, 3.05) is 19.6 Å². The van der Waals surface area contributed by atoms with E-state index in [9.17, 15) is 9.59 Å². The van der Waals surface area contributed by atoms with Crippen LogP contribution in [0.1, 0.15) is 30.3 Å². The van der Waals surface area contributed by atoms with Crippen molar-refractivity contribution in [1.82, 2.24) is 10.2 Å². The Morgan fingerprint density at radius 2 is 2.21 bits per heavy atom. The zero-order chi connectivity index (χ0) is 17.1. The Morgan fingerprint density at radius 3 is 2.96 bits per heavy atom. The molecular weight excluding hydrogens is 306 g/mol. The number of hydrogen-bond donors (Lipinski definition) is 2. The summed E-state index contributed by atoms with van der Waals surface area (Å²) < 4.78 is 5.59. The van der Waals surface area contributed by atoms with Gasteiger partial charge in [-0.2, -0.15) is 0 Å². The number of likely N-dealkylation sites (tertiary alicyclic amines) is 1. The molecular formula is C18H23N3O3. The predicted octanol–water partition coefficient (Wildman–Crippen LogP) is 1.75. The molecule has 3 rings (SSSR count). The number of piperidine rings is 1. The van der Waals surface area contributed by atoms with E-state index in [0.717, 1.165) is 24.8 Å². The molecule has 2 aromatic rings. The first-order valence-corrected chi connectivity index (χ1v) is 8.36. The molecule has 0 spiro atoms. The highest BCUT2D eigenvalue weighted by Crippen LogP contribution is 2.19. The van der Waals surface area contributed by atoms with E-state index in [1.807, 2.05) is 31.2 Å². The zero-order valence-corrected chi connectivity index (χ0v) is 13.8. The molecule has 0 aliphatic carbocycles. The number of nitrogens with two attached hydrogens (primary N) is 1. The van der Waals surface area contributed by atoms with Crippen LogP contribution in [0.5, 0.6) is 0 Å². The maximum absolute atomic E-state index is 12.4. The molecule has 0 saturated carbocycles. The normalized spacial score (nSPS) is 19.2. The number of benzene rings is 1. The molecule has 128 valence electrons. The number of rotatable bonds is 4. The SMILES string of the molecule is CC(CN)C(=O)N1CCCC(NC(=O)c2cc3ccccc3o2)C1. The zero-order valence-electron chi connectivity index (χ0n) is 13.8. The minimum Gasteiger partial charge on any atom is -0.451 e. The highest BCUT2D eigenvalue weighted by atomic mass is 16.3. The minimum absolute atomic E-state index is 0.0557. The fourth-order valence-electron chi connectivity index (χ4n) is 3.06. The van der Waals surface area contributed by atoms with Crippen LogP contribution in [0.4, 0.5) is 0 Å². The van der Waals surface area contributed by atoms with E-state index >= 15 is 0 Å². The number of amides is 2. The van der Waals surface area contributed by atoms with Gasteiger partial charge < -0.3 is 20.4 Å². The molecule has 1 fully saturated rings. The second-order valence-corrected chi connectivity index (χ2v) is 6.38. The summed E-state index contributed by atoms with van der Waals surface area (Å²) in [5.74, 6) is -0.0673. The van der Waals surface area contributed by atoms with Gasteiger partial charge in [0.1, 0.15) is 5.58 Å². The second kappa shape index (κ2) is 7.05. The second-order valence-electron chi connectivity index (χ2n) is 6.38. The summed E-state index contributed by atoms with van der Waals surface area (Å²) in [4.78, 5) is 26.5. The smallest absolute Gasteiger partial charge is 0.287 e. The summed E-state index contributed by atoms with van der Waals surface area (Å²) in [7, 11) is 0. The molecule has 2 unspecified atom stereocenters. The van der Waals surface area contributed by atoms with Crippen molar-refractivity contribution in [2.45, 2.75) is 25.8 Å². The molecule has 6 heteroatoms. The summed E-state index contributed by atoms with van der Waals surface area (Å²) in [6, 6.07) is 9.20. The quantitative estimate of drug-likeness (QED) is 0.894. The number of fused-ring (bicyclic) bond motifs is 1. The van der Waals surface area contributed by atoms with Crippen LogP contribution < -0.4 is 11.1 Å². The van der Waals surface area contributed by atoms with E-state index in [4.69, 9.17) is 10.2 Å². The largest absolute Gasteiger partial charge is 0.451 e. The molecule has 2 amide bonds. The third kappa shape index (κ3) is 3.43. The monoisotopic (exact) mass is 329 g/mol. The van der Waals surface area contributed by atoms with Gasteiger partial charge in [-0.25, -0.2) is 0 Å². The van der Waals surface area contributed by atoms with Gasteiger partial charge in [0, 0.05) is 37.0 Å². The van der Waals surface area contributed by atoms with Gasteiger partial charge in [0.05, 0.1) is 0 Å². The average Bonchev–Trinajstić information content (AvgIpc) is 3.05. The average molecular weight is 329 g/mol. The highest BCUT2D eigenvalue weighted by molar-refractivity contribution is 5.96. The Labute approximate surface area is 141 Å². The molecule has 1 aliphatic rings. The van der Waals surface area contributed by atoms with Gasteiger partial charge in [0.15, 0.2) is 5.76 Å². The van der Waals surface area contributed by atoms with E-state index in [0.29, 0.717) is 24.4 Å². The summed E-state index contributed by atoms with van der Waals surface area (Å²) in [5.41, 5.74) is 6.27. The van der Waals surface area contributed by atoms with E-state index in [1.165, 1.54) is 0 Å². The van der Waals surface area contributed by atoms with Crippen molar-refractivity contribution in [3.63, 3.8) is 0 Å². The predicted molar refractivity (Wildman–Crippen MR) is 91.5 cm³/mol. The minimum atomic E-state index is -0.239. The van der Waals surface area contributed by atoms with Crippen molar-refractivity contribution in [2.24, 2.45) is 11.7 Å².